The Bertz CT molecular complexity index is 842. The van der Waals surface area contributed by atoms with Gasteiger partial charge in [0.05, 0.1) is 28.3 Å². The van der Waals surface area contributed by atoms with E-state index in [4.69, 9.17) is 11.6 Å². The van der Waals surface area contributed by atoms with Crippen LogP contribution < -0.4 is 4.90 Å². The third-order valence-corrected chi connectivity index (χ3v) is 8.04. The number of aliphatic imine (C=N–C) groups is 1. The molecule has 0 unspecified atom stereocenters. The smallest absolute Gasteiger partial charge is 0.248 e. The second-order valence-electron chi connectivity index (χ2n) is 6.65. The second-order valence-corrected chi connectivity index (χ2v) is 11.3. The number of anilines is 1. The first kappa shape index (κ1) is 19.2. The number of thioether (sulfide) groups is 1. The number of halogens is 2. The van der Waals surface area contributed by atoms with Crippen molar-refractivity contribution in [3.63, 3.8) is 0 Å². The first-order valence-electron chi connectivity index (χ1n) is 7.89. The number of amidine groups is 1. The maximum atomic E-state index is 12.2. The van der Waals surface area contributed by atoms with Crippen LogP contribution in [0.15, 0.2) is 27.7 Å². The van der Waals surface area contributed by atoms with Crippen LogP contribution in [0.4, 0.5) is 5.69 Å². The molecule has 1 amide bonds. The van der Waals surface area contributed by atoms with Crippen molar-refractivity contribution in [2.45, 2.75) is 31.6 Å². The average molecular weight is 466 g/mol. The van der Waals surface area contributed by atoms with E-state index in [1.54, 1.807) is 6.07 Å². The van der Waals surface area contributed by atoms with E-state index in [0.717, 1.165) is 4.47 Å². The zero-order valence-electron chi connectivity index (χ0n) is 13.8. The number of hydrogen-bond acceptors (Lipinski definition) is 4. The van der Waals surface area contributed by atoms with Crippen LogP contribution in [-0.2, 0) is 14.6 Å². The predicted molar refractivity (Wildman–Crippen MR) is 107 cm³/mol. The fourth-order valence-corrected chi connectivity index (χ4v) is 7.71. The fourth-order valence-electron chi connectivity index (χ4n) is 3.02. The molecule has 0 saturated carbocycles. The van der Waals surface area contributed by atoms with Gasteiger partial charge in [-0.25, -0.2) is 8.42 Å². The number of sulfone groups is 1. The van der Waals surface area contributed by atoms with E-state index < -0.39 is 9.84 Å². The first-order valence-corrected chi connectivity index (χ1v) is 11.8. The third kappa shape index (κ3) is 4.23. The summed E-state index contributed by atoms with van der Waals surface area (Å²) in [5.74, 6) is 0.171. The molecule has 0 spiro atoms. The normalized spacial score (nSPS) is 26.4. The number of hydrogen-bond donors (Lipinski definition) is 0. The largest absolute Gasteiger partial charge is 0.314 e. The zero-order chi connectivity index (χ0) is 18.4. The lowest BCUT2D eigenvalue weighted by Gasteiger charge is -2.25. The lowest BCUT2D eigenvalue weighted by atomic mass is 10.1. The Morgan fingerprint density at radius 3 is 2.80 bits per heavy atom. The maximum Gasteiger partial charge on any atom is 0.248 e. The molecule has 3 rings (SSSR count). The molecule has 25 heavy (non-hydrogen) atoms. The lowest BCUT2D eigenvalue weighted by Crippen LogP contribution is -2.38. The van der Waals surface area contributed by atoms with E-state index in [0.29, 0.717) is 22.3 Å². The van der Waals surface area contributed by atoms with Crippen LogP contribution in [0.1, 0.15) is 20.3 Å². The summed E-state index contributed by atoms with van der Waals surface area (Å²) in [6.45, 7) is 3.93. The number of benzene rings is 1. The Balaban J connectivity index is 2.01. The van der Waals surface area contributed by atoms with E-state index in [1.807, 2.05) is 30.9 Å². The SMILES string of the molecule is CC(C)CC(=O)N=C1S[C@H]2CS(=O)(=O)C[C@H]2N1c1ccc(Br)cc1Cl. The molecule has 1 aromatic rings. The number of carbonyl (C=O) groups is 1. The quantitative estimate of drug-likeness (QED) is 0.680. The van der Waals surface area contributed by atoms with Gasteiger partial charge in [0.2, 0.25) is 5.91 Å². The molecular formula is C16H18BrClN2O3S2. The van der Waals surface area contributed by atoms with Crippen molar-refractivity contribution in [2.24, 2.45) is 10.9 Å². The molecule has 0 N–H and O–H groups in total. The van der Waals surface area contributed by atoms with Crippen molar-refractivity contribution in [2.75, 3.05) is 16.4 Å². The number of rotatable bonds is 3. The summed E-state index contributed by atoms with van der Waals surface area (Å²) in [6.07, 6.45) is 0.361. The molecule has 136 valence electrons. The highest BCUT2D eigenvalue weighted by atomic mass is 79.9. The van der Waals surface area contributed by atoms with Gasteiger partial charge >= 0.3 is 0 Å². The van der Waals surface area contributed by atoms with E-state index in [-0.39, 0.29) is 34.6 Å². The zero-order valence-corrected chi connectivity index (χ0v) is 17.8. The van der Waals surface area contributed by atoms with Gasteiger partial charge in [0.15, 0.2) is 15.0 Å². The number of carbonyl (C=O) groups excluding carboxylic acids is 1. The molecular weight excluding hydrogens is 448 g/mol. The molecule has 5 nitrogen and oxygen atoms in total. The number of nitrogens with zero attached hydrogens (tertiary/aromatic N) is 2. The molecule has 2 aliphatic heterocycles. The van der Waals surface area contributed by atoms with Gasteiger partial charge in [-0.05, 0) is 24.1 Å². The summed E-state index contributed by atoms with van der Waals surface area (Å²) in [7, 11) is -3.09. The Morgan fingerprint density at radius 2 is 2.16 bits per heavy atom. The van der Waals surface area contributed by atoms with Crippen molar-refractivity contribution in [1.82, 2.24) is 0 Å². The molecule has 0 aliphatic carbocycles. The molecule has 1 aromatic carbocycles. The highest BCUT2D eigenvalue weighted by Crippen LogP contribution is 2.43. The van der Waals surface area contributed by atoms with E-state index >= 15 is 0 Å². The van der Waals surface area contributed by atoms with Gasteiger partial charge in [0, 0.05) is 16.1 Å². The molecule has 0 bridgehead atoms. The van der Waals surface area contributed by atoms with Gasteiger partial charge in [-0.15, -0.1) is 0 Å². The minimum atomic E-state index is -3.09. The monoisotopic (exact) mass is 464 g/mol. The summed E-state index contributed by atoms with van der Waals surface area (Å²) in [5.41, 5.74) is 0.679. The van der Waals surface area contributed by atoms with Crippen molar-refractivity contribution in [3.8, 4) is 0 Å². The van der Waals surface area contributed by atoms with Crippen molar-refractivity contribution in [3.05, 3.63) is 27.7 Å². The molecule has 2 saturated heterocycles. The predicted octanol–water partition coefficient (Wildman–Crippen LogP) is 3.75. The van der Waals surface area contributed by atoms with Crippen LogP contribution in [0.3, 0.4) is 0 Å². The molecule has 0 radical (unpaired) electrons. The minimum absolute atomic E-state index is 0.0501. The molecule has 2 aliphatic rings. The van der Waals surface area contributed by atoms with Gasteiger partial charge in [0.1, 0.15) is 0 Å². The molecule has 9 heteroatoms. The van der Waals surface area contributed by atoms with Crippen LogP contribution in [0.25, 0.3) is 0 Å². The van der Waals surface area contributed by atoms with Crippen LogP contribution in [0.2, 0.25) is 5.02 Å². The summed E-state index contributed by atoms with van der Waals surface area (Å²) < 4.78 is 24.9. The van der Waals surface area contributed by atoms with Crippen molar-refractivity contribution in [1.29, 1.82) is 0 Å². The van der Waals surface area contributed by atoms with Gasteiger partial charge in [0.25, 0.3) is 0 Å². The Hall–Kier alpha value is -0.570. The summed E-state index contributed by atoms with van der Waals surface area (Å²) >= 11 is 11.1. The Labute approximate surface area is 165 Å². The fraction of sp³-hybridized carbons (Fsp3) is 0.500. The van der Waals surface area contributed by atoms with Crippen LogP contribution in [0.5, 0.6) is 0 Å². The van der Waals surface area contributed by atoms with Gasteiger partial charge in [-0.3, -0.25) is 4.79 Å². The Morgan fingerprint density at radius 1 is 1.44 bits per heavy atom. The van der Waals surface area contributed by atoms with E-state index in [2.05, 4.69) is 20.9 Å². The van der Waals surface area contributed by atoms with Gasteiger partial charge in [-0.2, -0.15) is 4.99 Å². The van der Waals surface area contributed by atoms with Crippen LogP contribution in [-0.4, -0.2) is 42.3 Å². The van der Waals surface area contributed by atoms with Crippen molar-refractivity contribution >= 4 is 65.9 Å². The summed E-state index contributed by atoms with van der Waals surface area (Å²) in [4.78, 5) is 18.3. The second kappa shape index (κ2) is 7.21. The number of amides is 1. The topological polar surface area (TPSA) is 66.8 Å². The lowest BCUT2D eigenvalue weighted by molar-refractivity contribution is -0.118. The average Bonchev–Trinajstić information content (AvgIpc) is 2.90. The Kier molecular flexibility index (Phi) is 5.54. The molecule has 2 fully saturated rings. The van der Waals surface area contributed by atoms with Gasteiger partial charge in [-0.1, -0.05) is 53.1 Å². The van der Waals surface area contributed by atoms with Crippen molar-refractivity contribution < 1.29 is 13.2 Å². The minimum Gasteiger partial charge on any atom is -0.314 e. The van der Waals surface area contributed by atoms with Gasteiger partial charge < -0.3 is 4.90 Å². The third-order valence-electron chi connectivity index (χ3n) is 4.04. The highest BCUT2D eigenvalue weighted by Gasteiger charge is 2.49. The highest BCUT2D eigenvalue weighted by molar-refractivity contribution is 9.10. The van der Waals surface area contributed by atoms with E-state index in [1.165, 1.54) is 11.8 Å². The molecule has 0 aromatic heterocycles. The standard InChI is InChI=1S/C16H18BrClN2O3S2/c1-9(2)5-15(21)19-16-20(12-4-3-10(17)6-11(12)18)13-7-25(22,23)8-14(13)24-16/h3-4,6,9,13-14H,5,7-8H2,1-2H3/t13-,14+/m1/s1. The number of fused-ring (bicyclic) bond motifs is 1. The van der Waals surface area contributed by atoms with Crippen LogP contribution in [0, 0.1) is 5.92 Å². The maximum absolute atomic E-state index is 12.2. The van der Waals surface area contributed by atoms with Crippen LogP contribution >= 0.6 is 39.3 Å². The first-order chi connectivity index (χ1) is 11.7. The van der Waals surface area contributed by atoms with E-state index in [9.17, 15) is 13.2 Å². The summed E-state index contributed by atoms with van der Waals surface area (Å²) in [5, 5.41) is 0.902. The summed E-state index contributed by atoms with van der Waals surface area (Å²) in [6, 6.07) is 5.17. The molecule has 2 heterocycles. The molecule has 2 atom stereocenters.